The van der Waals surface area contributed by atoms with Gasteiger partial charge in [0.15, 0.2) is 5.82 Å². The van der Waals surface area contributed by atoms with Gasteiger partial charge in [0.05, 0.1) is 30.6 Å². The number of aromatic nitrogens is 4. The van der Waals surface area contributed by atoms with E-state index >= 15 is 0 Å². The lowest BCUT2D eigenvalue weighted by atomic mass is 9.93. The first-order valence-electron chi connectivity index (χ1n) is 9.29. The molecule has 0 amide bonds. The first-order chi connectivity index (χ1) is 14.5. The molecule has 3 aromatic heterocycles. The van der Waals surface area contributed by atoms with E-state index in [0.717, 1.165) is 34.6 Å². The van der Waals surface area contributed by atoms with Crippen LogP contribution in [0.4, 0.5) is 14.7 Å². The van der Waals surface area contributed by atoms with Gasteiger partial charge in [-0.3, -0.25) is 0 Å². The molecular weight excluding hydrogens is 412 g/mol. The van der Waals surface area contributed by atoms with E-state index in [1.165, 1.54) is 6.07 Å². The zero-order chi connectivity index (χ0) is 20.8. The number of nitrogens with zero attached hydrogens (tertiary/aromatic N) is 4. The lowest BCUT2D eigenvalue weighted by Gasteiger charge is -2.36. The Morgan fingerprint density at radius 1 is 1.13 bits per heavy atom. The van der Waals surface area contributed by atoms with Crippen LogP contribution >= 0.6 is 11.6 Å². The molecule has 0 spiro atoms. The van der Waals surface area contributed by atoms with Gasteiger partial charge >= 0.3 is 0 Å². The lowest BCUT2D eigenvalue weighted by molar-refractivity contribution is 0.397. The summed E-state index contributed by atoms with van der Waals surface area (Å²) in [6.07, 6.45) is 4.66. The fraction of sp³-hybridized carbons (Fsp3) is 0.190. The summed E-state index contributed by atoms with van der Waals surface area (Å²) < 4.78 is 32.6. The number of ether oxygens (including phenoxy) is 1. The van der Waals surface area contributed by atoms with Crippen LogP contribution in [0.15, 0.2) is 42.9 Å². The van der Waals surface area contributed by atoms with Crippen LogP contribution in [-0.2, 0) is 6.42 Å². The SMILES string of the molecule is COc1ccc(C2c3[nH]c4cc(F)c(Cl)cc4c3CCN2c2ncc(F)cn2)cn1. The monoisotopic (exact) mass is 427 g/mol. The van der Waals surface area contributed by atoms with Crippen molar-refractivity contribution in [2.45, 2.75) is 12.5 Å². The molecule has 1 aliphatic heterocycles. The second kappa shape index (κ2) is 7.21. The molecule has 1 aromatic carbocycles. The Balaban J connectivity index is 1.70. The van der Waals surface area contributed by atoms with Crippen LogP contribution in [0, 0.1) is 11.6 Å². The lowest BCUT2D eigenvalue weighted by Crippen LogP contribution is -2.37. The van der Waals surface area contributed by atoms with E-state index in [1.807, 2.05) is 11.0 Å². The molecule has 0 bridgehead atoms. The molecule has 0 saturated heterocycles. The van der Waals surface area contributed by atoms with E-state index in [-0.39, 0.29) is 11.1 Å². The van der Waals surface area contributed by atoms with Gasteiger partial charge in [-0.05, 0) is 35.7 Å². The van der Waals surface area contributed by atoms with Crippen LogP contribution in [0.1, 0.15) is 22.9 Å². The van der Waals surface area contributed by atoms with Crippen molar-refractivity contribution in [3.63, 3.8) is 0 Å². The maximum Gasteiger partial charge on any atom is 0.226 e. The van der Waals surface area contributed by atoms with Gasteiger partial charge in [-0.1, -0.05) is 11.6 Å². The summed E-state index contributed by atoms with van der Waals surface area (Å²) in [7, 11) is 1.55. The summed E-state index contributed by atoms with van der Waals surface area (Å²) in [5.41, 5.74) is 3.45. The van der Waals surface area contributed by atoms with Crippen molar-refractivity contribution in [1.29, 1.82) is 0 Å². The number of nitrogens with one attached hydrogen (secondary N) is 1. The van der Waals surface area contributed by atoms with Crippen molar-refractivity contribution in [2.75, 3.05) is 18.6 Å². The summed E-state index contributed by atoms with van der Waals surface area (Å²) in [5.74, 6) is -0.102. The van der Waals surface area contributed by atoms with Gasteiger partial charge in [0.25, 0.3) is 0 Å². The Kier molecular flexibility index (Phi) is 4.51. The molecule has 9 heteroatoms. The smallest absolute Gasteiger partial charge is 0.226 e. The highest BCUT2D eigenvalue weighted by Gasteiger charge is 2.33. The van der Waals surface area contributed by atoms with Crippen molar-refractivity contribution < 1.29 is 13.5 Å². The molecule has 0 fully saturated rings. The summed E-state index contributed by atoms with van der Waals surface area (Å²) in [4.78, 5) is 18.0. The van der Waals surface area contributed by atoms with Crippen molar-refractivity contribution in [3.05, 3.63) is 76.3 Å². The molecule has 0 saturated carbocycles. The minimum absolute atomic E-state index is 0.0799. The average molecular weight is 428 g/mol. The van der Waals surface area contributed by atoms with Gasteiger partial charge in [-0.15, -0.1) is 0 Å². The normalized spacial score (nSPS) is 16.0. The summed E-state index contributed by atoms with van der Waals surface area (Å²) in [6.45, 7) is 0.581. The third kappa shape index (κ3) is 3.04. The minimum atomic E-state index is -0.505. The number of halogens is 3. The molecule has 0 aliphatic carbocycles. The number of methoxy groups -OCH3 is 1. The maximum atomic E-state index is 14.1. The molecule has 30 heavy (non-hydrogen) atoms. The van der Waals surface area contributed by atoms with E-state index in [1.54, 1.807) is 25.4 Å². The zero-order valence-electron chi connectivity index (χ0n) is 15.9. The molecule has 4 aromatic rings. The topological polar surface area (TPSA) is 66.9 Å². The molecule has 4 heterocycles. The number of H-pyrrole nitrogens is 1. The number of benzene rings is 1. The zero-order valence-corrected chi connectivity index (χ0v) is 16.6. The van der Waals surface area contributed by atoms with Crippen LogP contribution in [0.5, 0.6) is 5.88 Å². The summed E-state index contributed by atoms with van der Waals surface area (Å²) in [5, 5.41) is 0.957. The van der Waals surface area contributed by atoms with Crippen LogP contribution in [0.3, 0.4) is 0 Å². The van der Waals surface area contributed by atoms with Crippen molar-refractivity contribution in [1.82, 2.24) is 19.9 Å². The highest BCUT2D eigenvalue weighted by molar-refractivity contribution is 6.31. The Labute approximate surface area is 175 Å². The number of anilines is 1. The van der Waals surface area contributed by atoms with Crippen LogP contribution in [-0.4, -0.2) is 33.6 Å². The van der Waals surface area contributed by atoms with Crippen LogP contribution in [0.2, 0.25) is 5.02 Å². The van der Waals surface area contributed by atoms with E-state index in [0.29, 0.717) is 30.3 Å². The van der Waals surface area contributed by atoms with Crippen LogP contribution in [0.25, 0.3) is 10.9 Å². The first-order valence-corrected chi connectivity index (χ1v) is 9.66. The predicted octanol–water partition coefficient (Wildman–Crippen LogP) is 4.45. The fourth-order valence-electron chi connectivity index (χ4n) is 3.98. The van der Waals surface area contributed by atoms with Gasteiger partial charge in [0.1, 0.15) is 5.82 Å². The van der Waals surface area contributed by atoms with Gasteiger partial charge in [0, 0.05) is 35.4 Å². The largest absolute Gasteiger partial charge is 0.481 e. The first kappa shape index (κ1) is 18.7. The van der Waals surface area contributed by atoms with Gasteiger partial charge in [-0.2, -0.15) is 0 Å². The Bertz CT molecular complexity index is 1230. The number of aromatic amines is 1. The minimum Gasteiger partial charge on any atom is -0.481 e. The van der Waals surface area contributed by atoms with Crippen molar-refractivity contribution >= 4 is 28.5 Å². The number of hydrogen-bond donors (Lipinski definition) is 1. The second-order valence-corrected chi connectivity index (χ2v) is 7.42. The summed E-state index contributed by atoms with van der Waals surface area (Å²) in [6, 6.07) is 6.40. The van der Waals surface area contributed by atoms with Gasteiger partial charge < -0.3 is 14.6 Å². The quantitative estimate of drug-likeness (QED) is 0.523. The maximum absolute atomic E-state index is 14.1. The molecule has 0 radical (unpaired) electrons. The Morgan fingerprint density at radius 3 is 2.63 bits per heavy atom. The molecule has 5 rings (SSSR count). The van der Waals surface area contributed by atoms with Crippen LogP contribution < -0.4 is 9.64 Å². The molecular formula is C21H16ClF2N5O. The fourth-order valence-corrected chi connectivity index (χ4v) is 4.14. The third-order valence-electron chi connectivity index (χ3n) is 5.32. The Hall–Kier alpha value is -3.26. The van der Waals surface area contributed by atoms with Gasteiger partial charge in [0.2, 0.25) is 11.8 Å². The molecule has 1 unspecified atom stereocenters. The number of rotatable bonds is 3. The van der Waals surface area contributed by atoms with Crippen molar-refractivity contribution in [2.24, 2.45) is 0 Å². The highest BCUT2D eigenvalue weighted by atomic mass is 35.5. The molecule has 6 nitrogen and oxygen atoms in total. The second-order valence-electron chi connectivity index (χ2n) is 7.01. The molecule has 1 N–H and O–H groups in total. The number of fused-ring (bicyclic) bond motifs is 3. The van der Waals surface area contributed by atoms with E-state index in [9.17, 15) is 8.78 Å². The third-order valence-corrected chi connectivity index (χ3v) is 5.61. The number of pyridine rings is 1. The molecule has 152 valence electrons. The van der Waals surface area contributed by atoms with E-state index in [4.69, 9.17) is 16.3 Å². The number of hydrogen-bond acceptors (Lipinski definition) is 5. The molecule has 1 atom stereocenters. The van der Waals surface area contributed by atoms with Crippen molar-refractivity contribution in [3.8, 4) is 5.88 Å². The van der Waals surface area contributed by atoms with E-state index in [2.05, 4.69) is 19.9 Å². The van der Waals surface area contributed by atoms with E-state index < -0.39 is 11.6 Å². The summed E-state index contributed by atoms with van der Waals surface area (Å²) >= 11 is 6.03. The Morgan fingerprint density at radius 2 is 1.93 bits per heavy atom. The highest BCUT2D eigenvalue weighted by Crippen LogP contribution is 2.40. The standard InChI is InChI=1S/C21H16ClF2N5O/c1-30-18-3-2-11(8-25-18)20-19-13(14-6-15(22)16(24)7-17(14)28-19)4-5-29(20)21-26-9-12(23)10-27-21/h2-3,6-10,20,28H,4-5H2,1H3. The predicted molar refractivity (Wildman–Crippen MR) is 109 cm³/mol. The molecule has 1 aliphatic rings. The van der Waals surface area contributed by atoms with Gasteiger partial charge in [-0.25, -0.2) is 23.7 Å². The average Bonchev–Trinajstić information content (AvgIpc) is 3.11.